The van der Waals surface area contributed by atoms with E-state index in [2.05, 4.69) is 126 Å². The molecule has 0 atom stereocenters. The van der Waals surface area contributed by atoms with Crippen LogP contribution in [0.1, 0.15) is 47.8 Å². The summed E-state index contributed by atoms with van der Waals surface area (Å²) in [5, 5.41) is 2.71. The first-order valence-corrected chi connectivity index (χ1v) is 12.3. The number of aryl methyl sites for hydroxylation is 2. The Bertz CT molecular complexity index is 1330. The van der Waals surface area contributed by atoms with E-state index in [1.54, 1.807) is 0 Å². The third-order valence-corrected chi connectivity index (χ3v) is 7.50. The summed E-state index contributed by atoms with van der Waals surface area (Å²) < 4.78 is 6.04. The van der Waals surface area contributed by atoms with E-state index in [1.807, 2.05) is 0 Å². The minimum atomic E-state index is 0.165. The number of para-hydroxylation sites is 2. The average molecular weight is 485 g/mol. The molecule has 0 bridgehead atoms. The third-order valence-electron chi connectivity index (χ3n) is 6.97. The van der Waals surface area contributed by atoms with Crippen molar-refractivity contribution in [2.24, 2.45) is 0 Å². The lowest BCUT2D eigenvalue weighted by atomic mass is 9.82. The summed E-state index contributed by atoms with van der Waals surface area (Å²) in [6.45, 7) is 11.0. The number of nitrogens with zero attached hydrogens (tertiary/aromatic N) is 2. The quantitative estimate of drug-likeness (QED) is 0.238. The number of rotatable bonds is 5. The second-order valence-electron chi connectivity index (χ2n) is 8.51. The van der Waals surface area contributed by atoms with Gasteiger partial charge < -0.3 is 9.13 Å². The smallest absolute Gasteiger partial charge is 0.0485 e. The summed E-state index contributed by atoms with van der Waals surface area (Å²) in [6.07, 6.45) is 0. The maximum Gasteiger partial charge on any atom is 0.0485 e. The van der Waals surface area contributed by atoms with E-state index in [0.29, 0.717) is 0 Å². The van der Waals surface area contributed by atoms with Crippen molar-refractivity contribution in [1.29, 1.82) is 0 Å². The Morgan fingerprint density at radius 3 is 1.53 bits per heavy atom. The van der Waals surface area contributed by atoms with E-state index in [0.717, 1.165) is 17.6 Å². The zero-order chi connectivity index (χ0) is 22.4. The Balaban J connectivity index is 1.92. The molecule has 0 aliphatic carbocycles. The van der Waals surface area contributed by atoms with Crippen molar-refractivity contribution in [3.05, 3.63) is 105 Å². The zero-order valence-electron chi connectivity index (χ0n) is 19.2. The van der Waals surface area contributed by atoms with Crippen molar-refractivity contribution in [1.82, 2.24) is 9.13 Å². The van der Waals surface area contributed by atoms with E-state index >= 15 is 0 Å². The lowest BCUT2D eigenvalue weighted by molar-refractivity contribution is 0.748. The molecule has 5 rings (SSSR count). The van der Waals surface area contributed by atoms with Crippen molar-refractivity contribution in [3.63, 3.8) is 0 Å². The van der Waals surface area contributed by atoms with Crippen LogP contribution < -0.4 is 0 Å². The maximum atomic E-state index is 3.64. The molecule has 0 amide bonds. The minimum absolute atomic E-state index is 0.165. The SMILES string of the molecule is CCn1c(C)c(C(c2ccc(Br)cc2)c2c(C)n(CC)c3ccccc23)c2ccccc21. The van der Waals surface area contributed by atoms with Crippen molar-refractivity contribution in [3.8, 4) is 0 Å². The normalized spacial score (nSPS) is 11.8. The van der Waals surface area contributed by atoms with Gasteiger partial charge in [-0.2, -0.15) is 0 Å². The van der Waals surface area contributed by atoms with Gasteiger partial charge in [-0.15, -0.1) is 0 Å². The van der Waals surface area contributed by atoms with Gasteiger partial charge in [-0.3, -0.25) is 0 Å². The Morgan fingerprint density at radius 1 is 0.656 bits per heavy atom. The summed E-state index contributed by atoms with van der Waals surface area (Å²) in [7, 11) is 0. The van der Waals surface area contributed by atoms with Crippen LogP contribution in [0.5, 0.6) is 0 Å². The first-order chi connectivity index (χ1) is 15.6. The molecule has 162 valence electrons. The van der Waals surface area contributed by atoms with Gasteiger partial charge in [-0.25, -0.2) is 0 Å². The van der Waals surface area contributed by atoms with Gasteiger partial charge in [0.1, 0.15) is 0 Å². The second kappa shape index (κ2) is 8.29. The molecular weight excluding hydrogens is 456 g/mol. The number of hydrogen-bond donors (Lipinski definition) is 0. The van der Waals surface area contributed by atoms with E-state index in [-0.39, 0.29) is 5.92 Å². The third kappa shape index (κ3) is 3.14. The molecule has 0 saturated carbocycles. The van der Waals surface area contributed by atoms with Crippen LogP contribution in [-0.2, 0) is 13.1 Å². The summed E-state index contributed by atoms with van der Waals surface area (Å²) >= 11 is 3.64. The molecule has 32 heavy (non-hydrogen) atoms. The van der Waals surface area contributed by atoms with Gasteiger partial charge in [0, 0.05) is 56.7 Å². The van der Waals surface area contributed by atoms with E-state index in [1.165, 1.54) is 49.9 Å². The highest BCUT2D eigenvalue weighted by Crippen LogP contribution is 2.44. The molecule has 0 fully saturated rings. The molecule has 0 N–H and O–H groups in total. The molecule has 5 aromatic rings. The van der Waals surface area contributed by atoms with Gasteiger partial charge in [0.15, 0.2) is 0 Å². The van der Waals surface area contributed by atoms with Crippen molar-refractivity contribution in [2.75, 3.05) is 0 Å². The number of fused-ring (bicyclic) bond motifs is 2. The topological polar surface area (TPSA) is 9.86 Å². The van der Waals surface area contributed by atoms with Crippen LogP contribution in [0.3, 0.4) is 0 Å². The Kier molecular flexibility index (Phi) is 5.46. The molecule has 0 saturated heterocycles. The molecule has 0 aliphatic rings. The van der Waals surface area contributed by atoms with Crippen LogP contribution in [0, 0.1) is 13.8 Å². The molecule has 0 unspecified atom stereocenters. The fourth-order valence-electron chi connectivity index (χ4n) is 5.59. The number of halogens is 1. The molecular formula is C29H29BrN2. The standard InChI is InChI=1S/C29H29BrN2/c1-5-31-19(3)27(23-11-7-9-13-25(23)31)29(21-15-17-22(30)18-16-21)28-20(4)32(6-2)26-14-10-8-12-24(26)28/h7-18,29H,5-6H2,1-4H3. The summed E-state index contributed by atoms with van der Waals surface area (Å²) in [5.41, 5.74) is 9.53. The monoisotopic (exact) mass is 484 g/mol. The lowest BCUT2D eigenvalue weighted by Crippen LogP contribution is -2.08. The average Bonchev–Trinajstić information content (AvgIpc) is 3.26. The predicted octanol–water partition coefficient (Wildman–Crippen LogP) is 8.20. The van der Waals surface area contributed by atoms with E-state index in [9.17, 15) is 0 Å². The molecule has 0 spiro atoms. The van der Waals surface area contributed by atoms with E-state index in [4.69, 9.17) is 0 Å². The Morgan fingerprint density at radius 2 is 1.09 bits per heavy atom. The van der Waals surface area contributed by atoms with Crippen LogP contribution >= 0.6 is 15.9 Å². The van der Waals surface area contributed by atoms with Gasteiger partial charge >= 0.3 is 0 Å². The minimum Gasteiger partial charge on any atom is -0.345 e. The fraction of sp³-hybridized carbons (Fsp3) is 0.241. The highest BCUT2D eigenvalue weighted by atomic mass is 79.9. The number of hydrogen-bond acceptors (Lipinski definition) is 0. The fourth-order valence-corrected chi connectivity index (χ4v) is 5.86. The molecule has 3 heteroatoms. The molecule has 2 heterocycles. The van der Waals surface area contributed by atoms with Crippen molar-refractivity contribution < 1.29 is 0 Å². The lowest BCUT2D eigenvalue weighted by Gasteiger charge is -2.21. The van der Waals surface area contributed by atoms with Gasteiger partial charge in [-0.05, 0) is 68.7 Å². The van der Waals surface area contributed by atoms with Gasteiger partial charge in [0.05, 0.1) is 0 Å². The molecule has 3 aromatic carbocycles. The molecule has 2 aromatic heterocycles. The summed E-state index contributed by atoms with van der Waals surface area (Å²) in [5.74, 6) is 0.165. The first kappa shape index (κ1) is 21.1. The summed E-state index contributed by atoms with van der Waals surface area (Å²) in [6, 6.07) is 26.7. The van der Waals surface area contributed by atoms with Crippen LogP contribution in [0.25, 0.3) is 21.8 Å². The zero-order valence-corrected chi connectivity index (χ0v) is 20.8. The van der Waals surface area contributed by atoms with Gasteiger partial charge in [0.25, 0.3) is 0 Å². The van der Waals surface area contributed by atoms with Gasteiger partial charge in [0.2, 0.25) is 0 Å². The second-order valence-corrected chi connectivity index (χ2v) is 9.42. The molecule has 0 aliphatic heterocycles. The largest absolute Gasteiger partial charge is 0.345 e. The first-order valence-electron chi connectivity index (χ1n) is 11.5. The van der Waals surface area contributed by atoms with Crippen molar-refractivity contribution in [2.45, 2.75) is 46.7 Å². The van der Waals surface area contributed by atoms with Crippen LogP contribution in [0.4, 0.5) is 0 Å². The molecule has 0 radical (unpaired) electrons. The number of benzene rings is 3. The summed E-state index contributed by atoms with van der Waals surface area (Å²) in [4.78, 5) is 0. The Hall–Kier alpha value is -2.78. The van der Waals surface area contributed by atoms with E-state index < -0.39 is 0 Å². The van der Waals surface area contributed by atoms with Crippen LogP contribution in [0.2, 0.25) is 0 Å². The maximum absolute atomic E-state index is 3.64. The van der Waals surface area contributed by atoms with Gasteiger partial charge in [-0.1, -0.05) is 64.5 Å². The van der Waals surface area contributed by atoms with Crippen molar-refractivity contribution >= 4 is 37.7 Å². The van der Waals surface area contributed by atoms with Crippen LogP contribution in [0.15, 0.2) is 77.3 Å². The number of aromatic nitrogens is 2. The molecule has 2 nitrogen and oxygen atoms in total. The van der Waals surface area contributed by atoms with Crippen LogP contribution in [-0.4, -0.2) is 9.13 Å². The Labute approximate surface area is 198 Å². The predicted molar refractivity (Wildman–Crippen MR) is 140 cm³/mol. The highest BCUT2D eigenvalue weighted by Gasteiger charge is 2.29. The highest BCUT2D eigenvalue weighted by molar-refractivity contribution is 9.10.